The monoisotopic (exact) mass is 380 g/mol. The van der Waals surface area contributed by atoms with Crippen molar-refractivity contribution < 1.29 is 0 Å². The fraction of sp³-hybridized carbons (Fsp3) is 0.250. The number of nitrogens with zero attached hydrogens (tertiary/aromatic N) is 3. The van der Waals surface area contributed by atoms with Crippen molar-refractivity contribution in [2.75, 3.05) is 31.1 Å². The summed E-state index contributed by atoms with van der Waals surface area (Å²) in [5.41, 5.74) is 3.50. The normalized spacial score (nSPS) is 15.8. The quantitative estimate of drug-likeness (QED) is 0.681. The number of fused-ring (bicyclic) bond motifs is 1. The molecule has 0 spiro atoms. The lowest BCUT2D eigenvalue weighted by molar-refractivity contribution is 0.247. The van der Waals surface area contributed by atoms with E-state index in [2.05, 4.69) is 74.3 Å². The Morgan fingerprint density at radius 3 is 2.67 bits per heavy atom. The van der Waals surface area contributed by atoms with E-state index >= 15 is 0 Å². The van der Waals surface area contributed by atoms with E-state index in [-0.39, 0.29) is 0 Å². The predicted molar refractivity (Wildman–Crippen MR) is 102 cm³/mol. The Balaban J connectivity index is 1.40. The number of para-hydroxylation sites is 1. The van der Waals surface area contributed by atoms with Crippen LogP contribution in [0.25, 0.3) is 10.9 Å². The molecule has 0 bridgehead atoms. The topological polar surface area (TPSA) is 19.4 Å². The number of rotatable bonds is 3. The summed E-state index contributed by atoms with van der Waals surface area (Å²) < 4.78 is 1.02. The summed E-state index contributed by atoms with van der Waals surface area (Å²) in [5, 5.41) is 1.21. The molecule has 2 heterocycles. The van der Waals surface area contributed by atoms with E-state index in [0.29, 0.717) is 0 Å². The molecule has 3 aromatic rings. The standard InChI is InChI=1S/C20H19BrN3/c21-17-5-3-6-19(14-17)24-12-10-23(11-13-24)15-18-9-8-16-4-1-2-7-20(16)22-18/h1-4,6-9,14H,10-13,15H2. The summed E-state index contributed by atoms with van der Waals surface area (Å²) in [6.07, 6.45) is 0. The van der Waals surface area contributed by atoms with Crippen LogP contribution in [0.4, 0.5) is 5.69 Å². The van der Waals surface area contributed by atoms with Gasteiger partial charge in [-0.05, 0) is 30.3 Å². The summed E-state index contributed by atoms with van der Waals surface area (Å²) in [4.78, 5) is 9.71. The summed E-state index contributed by atoms with van der Waals surface area (Å²) in [5.74, 6) is 0. The third kappa shape index (κ3) is 3.45. The van der Waals surface area contributed by atoms with E-state index in [1.807, 2.05) is 12.1 Å². The maximum atomic E-state index is 4.79. The van der Waals surface area contributed by atoms with Crippen LogP contribution < -0.4 is 4.90 Å². The first-order valence-electron chi connectivity index (χ1n) is 8.27. The van der Waals surface area contributed by atoms with Crippen molar-refractivity contribution in [3.05, 3.63) is 70.8 Å². The van der Waals surface area contributed by atoms with Crippen LogP contribution in [0.3, 0.4) is 0 Å². The maximum absolute atomic E-state index is 4.79. The summed E-state index contributed by atoms with van der Waals surface area (Å²) in [6.45, 7) is 5.13. The van der Waals surface area contributed by atoms with Crippen LogP contribution in [0.1, 0.15) is 5.69 Å². The Bertz CT molecular complexity index is 841. The van der Waals surface area contributed by atoms with Crippen LogP contribution in [-0.2, 0) is 6.54 Å². The Morgan fingerprint density at radius 1 is 1.00 bits per heavy atom. The highest BCUT2D eigenvalue weighted by atomic mass is 79.9. The number of piperazine rings is 1. The predicted octanol–water partition coefficient (Wildman–Crippen LogP) is 4.12. The van der Waals surface area contributed by atoms with Gasteiger partial charge in [0.2, 0.25) is 0 Å². The fourth-order valence-electron chi connectivity index (χ4n) is 3.21. The number of halogens is 1. The minimum absolute atomic E-state index is 0.922. The van der Waals surface area contributed by atoms with Gasteiger partial charge in [-0.3, -0.25) is 9.88 Å². The zero-order chi connectivity index (χ0) is 16.4. The second-order valence-corrected chi connectivity index (χ2v) is 7.01. The number of hydrogen-bond donors (Lipinski definition) is 0. The Labute approximate surface area is 151 Å². The third-order valence-corrected chi connectivity index (χ3v) is 4.99. The third-order valence-electron chi connectivity index (χ3n) is 4.53. The van der Waals surface area contributed by atoms with Crippen LogP contribution >= 0.6 is 15.9 Å². The van der Waals surface area contributed by atoms with Crippen molar-refractivity contribution in [1.29, 1.82) is 0 Å². The minimum atomic E-state index is 0.922. The van der Waals surface area contributed by atoms with Gasteiger partial charge in [0.1, 0.15) is 0 Å². The molecule has 121 valence electrons. The largest absolute Gasteiger partial charge is 0.369 e. The van der Waals surface area contributed by atoms with Gasteiger partial charge in [0.05, 0.1) is 11.2 Å². The van der Waals surface area contributed by atoms with E-state index in [0.717, 1.165) is 48.4 Å². The van der Waals surface area contributed by atoms with Gasteiger partial charge < -0.3 is 4.90 Å². The molecule has 2 aromatic carbocycles. The van der Waals surface area contributed by atoms with Crippen molar-refractivity contribution in [2.45, 2.75) is 6.54 Å². The minimum Gasteiger partial charge on any atom is -0.369 e. The van der Waals surface area contributed by atoms with Gasteiger partial charge in [0.15, 0.2) is 0 Å². The van der Waals surface area contributed by atoms with Crippen molar-refractivity contribution in [2.24, 2.45) is 0 Å². The van der Waals surface area contributed by atoms with Crippen LogP contribution in [-0.4, -0.2) is 36.1 Å². The number of anilines is 1. The van der Waals surface area contributed by atoms with E-state index in [1.54, 1.807) is 0 Å². The molecule has 1 aliphatic heterocycles. The van der Waals surface area contributed by atoms with Gasteiger partial charge in [-0.1, -0.05) is 46.3 Å². The molecule has 0 N–H and O–H groups in total. The lowest BCUT2D eigenvalue weighted by Crippen LogP contribution is -2.46. The highest BCUT2D eigenvalue weighted by Crippen LogP contribution is 2.21. The molecule has 0 amide bonds. The molecule has 1 aromatic heterocycles. The average Bonchev–Trinajstić information content (AvgIpc) is 2.62. The molecule has 4 rings (SSSR count). The fourth-order valence-corrected chi connectivity index (χ4v) is 3.58. The maximum Gasteiger partial charge on any atom is 0.0705 e. The molecule has 3 nitrogen and oxygen atoms in total. The van der Waals surface area contributed by atoms with Crippen LogP contribution in [0.5, 0.6) is 0 Å². The number of aromatic nitrogens is 1. The smallest absolute Gasteiger partial charge is 0.0705 e. The molecule has 4 heteroatoms. The molecular formula is C20H19BrN3. The lowest BCUT2D eigenvalue weighted by Gasteiger charge is -2.36. The van der Waals surface area contributed by atoms with Gasteiger partial charge in [0, 0.05) is 48.3 Å². The summed E-state index contributed by atoms with van der Waals surface area (Å²) >= 11 is 3.50. The molecule has 1 saturated heterocycles. The van der Waals surface area contributed by atoms with Crippen molar-refractivity contribution in [1.82, 2.24) is 9.88 Å². The highest BCUT2D eigenvalue weighted by molar-refractivity contribution is 9.10. The van der Waals surface area contributed by atoms with Crippen molar-refractivity contribution in [3.63, 3.8) is 0 Å². The van der Waals surface area contributed by atoms with Crippen molar-refractivity contribution in [3.8, 4) is 0 Å². The molecule has 0 unspecified atom stereocenters. The Hall–Kier alpha value is -1.91. The molecule has 0 saturated carbocycles. The Kier molecular flexibility index (Phi) is 4.50. The number of hydrogen-bond acceptors (Lipinski definition) is 3. The number of benzene rings is 2. The molecule has 1 fully saturated rings. The van der Waals surface area contributed by atoms with Crippen LogP contribution in [0, 0.1) is 6.07 Å². The van der Waals surface area contributed by atoms with Crippen molar-refractivity contribution >= 4 is 32.5 Å². The molecule has 0 aliphatic carbocycles. The van der Waals surface area contributed by atoms with Crippen LogP contribution in [0.2, 0.25) is 0 Å². The molecule has 0 atom stereocenters. The van der Waals surface area contributed by atoms with Gasteiger partial charge in [-0.15, -0.1) is 0 Å². The van der Waals surface area contributed by atoms with Gasteiger partial charge in [-0.2, -0.15) is 0 Å². The Morgan fingerprint density at radius 2 is 1.83 bits per heavy atom. The van der Waals surface area contributed by atoms with Gasteiger partial charge in [-0.25, -0.2) is 0 Å². The molecule has 1 aliphatic rings. The number of pyridine rings is 1. The average molecular weight is 381 g/mol. The molecule has 24 heavy (non-hydrogen) atoms. The van der Waals surface area contributed by atoms with Gasteiger partial charge in [0.25, 0.3) is 0 Å². The zero-order valence-electron chi connectivity index (χ0n) is 13.5. The SMILES string of the molecule is Brc1[c]ccc(N2CCN(Cc3ccc4ccccc4n3)CC2)c1. The zero-order valence-corrected chi connectivity index (χ0v) is 15.0. The summed E-state index contributed by atoms with van der Waals surface area (Å²) in [6, 6.07) is 22.0. The lowest BCUT2D eigenvalue weighted by atomic mass is 10.2. The molecular weight excluding hydrogens is 362 g/mol. The van der Waals surface area contributed by atoms with E-state index in [4.69, 9.17) is 4.98 Å². The first-order chi connectivity index (χ1) is 11.8. The first-order valence-corrected chi connectivity index (χ1v) is 9.06. The highest BCUT2D eigenvalue weighted by Gasteiger charge is 2.17. The van der Waals surface area contributed by atoms with Crippen LogP contribution in [0.15, 0.2) is 59.1 Å². The second kappa shape index (κ2) is 6.91. The van der Waals surface area contributed by atoms with E-state index in [1.165, 1.54) is 11.1 Å². The second-order valence-electron chi connectivity index (χ2n) is 6.15. The summed E-state index contributed by atoms with van der Waals surface area (Å²) in [7, 11) is 0. The first kappa shape index (κ1) is 15.6. The van der Waals surface area contributed by atoms with E-state index < -0.39 is 0 Å². The van der Waals surface area contributed by atoms with Gasteiger partial charge >= 0.3 is 0 Å². The molecule has 1 radical (unpaired) electrons. The van der Waals surface area contributed by atoms with E-state index in [9.17, 15) is 0 Å².